The van der Waals surface area contributed by atoms with E-state index in [1.165, 1.54) is 12.1 Å². The van der Waals surface area contributed by atoms with Crippen molar-refractivity contribution in [3.63, 3.8) is 0 Å². The second-order valence-electron chi connectivity index (χ2n) is 4.61. The van der Waals surface area contributed by atoms with Crippen LogP contribution >= 0.6 is 0 Å². The molecule has 1 aliphatic heterocycles. The van der Waals surface area contributed by atoms with Gasteiger partial charge in [-0.3, -0.25) is 0 Å². The smallest absolute Gasteiger partial charge is 0.231 e. The number of rotatable bonds is 4. The lowest BCUT2D eigenvalue weighted by atomic mass is 10.1. The molecule has 0 aromatic heterocycles. The number of hydrogen-bond donors (Lipinski definition) is 0. The molecular weight excluding hydrogens is 273 g/mol. The molecule has 0 amide bonds. The molecule has 21 heavy (non-hydrogen) atoms. The van der Waals surface area contributed by atoms with Crippen LogP contribution in [0.3, 0.4) is 0 Å². The minimum absolute atomic E-state index is 0.0270. The Morgan fingerprint density at radius 3 is 2.57 bits per heavy atom. The Labute approximate surface area is 121 Å². The SMILES string of the molecule is N#Cc1cc(COCc2ccc3c(c2)OCO3)ccc1F. The molecule has 0 saturated heterocycles. The molecule has 106 valence electrons. The predicted octanol–water partition coefficient (Wildman–Crippen LogP) is 3.14. The molecule has 0 spiro atoms. The van der Waals surface area contributed by atoms with Gasteiger partial charge >= 0.3 is 0 Å². The van der Waals surface area contributed by atoms with Gasteiger partial charge in [-0.25, -0.2) is 4.39 Å². The third-order valence-electron chi connectivity index (χ3n) is 3.13. The van der Waals surface area contributed by atoms with E-state index in [4.69, 9.17) is 19.5 Å². The van der Waals surface area contributed by atoms with Gasteiger partial charge in [0, 0.05) is 0 Å². The molecule has 0 atom stereocenters. The topological polar surface area (TPSA) is 51.5 Å². The standard InChI is InChI=1S/C16H12FNO3/c17-14-3-1-11(5-13(14)7-18)8-19-9-12-2-4-15-16(6-12)21-10-20-15/h1-6H,8-10H2. The number of benzene rings is 2. The highest BCUT2D eigenvalue weighted by molar-refractivity contribution is 5.44. The first-order chi connectivity index (χ1) is 10.3. The Kier molecular flexibility index (Phi) is 3.71. The summed E-state index contributed by atoms with van der Waals surface area (Å²) in [6.07, 6.45) is 0. The average molecular weight is 285 g/mol. The van der Waals surface area contributed by atoms with E-state index < -0.39 is 5.82 Å². The molecule has 3 rings (SSSR count). The van der Waals surface area contributed by atoms with Crippen molar-refractivity contribution < 1.29 is 18.6 Å². The van der Waals surface area contributed by atoms with Crippen LogP contribution in [-0.2, 0) is 18.0 Å². The van der Waals surface area contributed by atoms with Crippen molar-refractivity contribution in [1.29, 1.82) is 5.26 Å². The number of halogens is 1. The maximum atomic E-state index is 13.2. The number of nitrogens with zero attached hydrogens (tertiary/aromatic N) is 1. The van der Waals surface area contributed by atoms with Crippen LogP contribution in [0.4, 0.5) is 4.39 Å². The van der Waals surface area contributed by atoms with Gasteiger partial charge in [0.25, 0.3) is 0 Å². The largest absolute Gasteiger partial charge is 0.454 e. The van der Waals surface area contributed by atoms with Gasteiger partial charge in [-0.05, 0) is 35.4 Å². The summed E-state index contributed by atoms with van der Waals surface area (Å²) in [5.74, 6) is 0.928. The summed E-state index contributed by atoms with van der Waals surface area (Å²) in [4.78, 5) is 0. The third kappa shape index (κ3) is 2.96. The van der Waals surface area contributed by atoms with Gasteiger partial charge in [0.2, 0.25) is 6.79 Å². The van der Waals surface area contributed by atoms with Crippen LogP contribution in [-0.4, -0.2) is 6.79 Å². The van der Waals surface area contributed by atoms with Gasteiger partial charge in [-0.15, -0.1) is 0 Å². The van der Waals surface area contributed by atoms with E-state index >= 15 is 0 Å². The van der Waals surface area contributed by atoms with Crippen LogP contribution < -0.4 is 9.47 Å². The summed E-state index contributed by atoms with van der Waals surface area (Å²) in [6, 6.07) is 11.8. The summed E-state index contributed by atoms with van der Waals surface area (Å²) in [6.45, 7) is 0.950. The van der Waals surface area contributed by atoms with Crippen molar-refractivity contribution in [2.45, 2.75) is 13.2 Å². The maximum absolute atomic E-state index is 13.2. The van der Waals surface area contributed by atoms with Crippen molar-refractivity contribution >= 4 is 0 Å². The molecule has 0 fully saturated rings. The van der Waals surface area contributed by atoms with Crippen molar-refractivity contribution in [2.75, 3.05) is 6.79 Å². The van der Waals surface area contributed by atoms with E-state index in [-0.39, 0.29) is 12.4 Å². The lowest BCUT2D eigenvalue weighted by Gasteiger charge is -2.06. The lowest BCUT2D eigenvalue weighted by Crippen LogP contribution is -1.96. The molecule has 0 unspecified atom stereocenters. The van der Waals surface area contributed by atoms with E-state index in [2.05, 4.69) is 0 Å². The van der Waals surface area contributed by atoms with Gasteiger partial charge in [0.15, 0.2) is 11.5 Å². The van der Waals surface area contributed by atoms with E-state index in [1.54, 1.807) is 6.07 Å². The van der Waals surface area contributed by atoms with E-state index in [0.717, 1.165) is 16.9 Å². The second-order valence-corrected chi connectivity index (χ2v) is 4.61. The molecule has 0 bridgehead atoms. The zero-order valence-corrected chi connectivity index (χ0v) is 11.1. The van der Waals surface area contributed by atoms with Crippen molar-refractivity contribution in [2.24, 2.45) is 0 Å². The summed E-state index contributed by atoms with van der Waals surface area (Å²) in [5, 5.41) is 8.78. The monoisotopic (exact) mass is 285 g/mol. The van der Waals surface area contributed by atoms with Gasteiger partial charge in [0.05, 0.1) is 18.8 Å². The second kappa shape index (κ2) is 5.81. The zero-order valence-electron chi connectivity index (χ0n) is 11.1. The summed E-state index contributed by atoms with van der Waals surface area (Å²) >= 11 is 0. The van der Waals surface area contributed by atoms with Crippen molar-refractivity contribution in [3.8, 4) is 17.6 Å². The minimum atomic E-state index is -0.517. The van der Waals surface area contributed by atoms with Crippen LogP contribution in [0, 0.1) is 17.1 Å². The number of ether oxygens (including phenoxy) is 3. The zero-order chi connectivity index (χ0) is 14.7. The van der Waals surface area contributed by atoms with Crippen LogP contribution in [0.2, 0.25) is 0 Å². The first kappa shape index (κ1) is 13.4. The van der Waals surface area contributed by atoms with Crippen LogP contribution in [0.25, 0.3) is 0 Å². The number of nitriles is 1. The Bertz CT molecular complexity index is 709. The van der Waals surface area contributed by atoms with Crippen LogP contribution in [0.5, 0.6) is 11.5 Å². The van der Waals surface area contributed by atoms with Crippen LogP contribution in [0.15, 0.2) is 36.4 Å². The molecule has 0 N–H and O–H groups in total. The van der Waals surface area contributed by atoms with Crippen LogP contribution in [0.1, 0.15) is 16.7 Å². The Balaban J connectivity index is 1.60. The highest BCUT2D eigenvalue weighted by Crippen LogP contribution is 2.32. The molecule has 1 heterocycles. The van der Waals surface area contributed by atoms with Crippen molar-refractivity contribution in [3.05, 3.63) is 58.9 Å². The molecule has 0 radical (unpaired) electrons. The van der Waals surface area contributed by atoms with Gasteiger partial charge in [0.1, 0.15) is 11.9 Å². The van der Waals surface area contributed by atoms with E-state index in [0.29, 0.717) is 19.0 Å². The minimum Gasteiger partial charge on any atom is -0.454 e. The fourth-order valence-electron chi connectivity index (χ4n) is 2.07. The fourth-order valence-corrected chi connectivity index (χ4v) is 2.07. The van der Waals surface area contributed by atoms with E-state index in [9.17, 15) is 4.39 Å². The van der Waals surface area contributed by atoms with Crippen molar-refractivity contribution in [1.82, 2.24) is 0 Å². The van der Waals surface area contributed by atoms with Gasteiger partial charge in [-0.1, -0.05) is 12.1 Å². The Hall–Kier alpha value is -2.58. The molecule has 1 aliphatic rings. The average Bonchev–Trinajstić information content (AvgIpc) is 2.96. The number of fused-ring (bicyclic) bond motifs is 1. The molecule has 2 aromatic rings. The highest BCUT2D eigenvalue weighted by Gasteiger charge is 2.13. The molecule has 5 heteroatoms. The molecule has 0 saturated carbocycles. The summed E-state index contributed by atoms with van der Waals surface area (Å²) in [7, 11) is 0. The fraction of sp³-hybridized carbons (Fsp3) is 0.188. The number of hydrogen-bond acceptors (Lipinski definition) is 4. The lowest BCUT2D eigenvalue weighted by molar-refractivity contribution is 0.107. The molecule has 0 aliphatic carbocycles. The normalized spacial score (nSPS) is 12.2. The summed E-state index contributed by atoms with van der Waals surface area (Å²) in [5.41, 5.74) is 1.75. The van der Waals surface area contributed by atoms with Gasteiger partial charge in [-0.2, -0.15) is 5.26 Å². The third-order valence-corrected chi connectivity index (χ3v) is 3.13. The Morgan fingerprint density at radius 2 is 1.76 bits per heavy atom. The predicted molar refractivity (Wildman–Crippen MR) is 72.2 cm³/mol. The summed E-state index contributed by atoms with van der Waals surface area (Å²) < 4.78 is 29.3. The molecule has 4 nitrogen and oxygen atoms in total. The molecular formula is C16H12FNO3. The molecule has 2 aromatic carbocycles. The quantitative estimate of drug-likeness (QED) is 0.866. The maximum Gasteiger partial charge on any atom is 0.231 e. The highest BCUT2D eigenvalue weighted by atomic mass is 19.1. The Morgan fingerprint density at radius 1 is 1.05 bits per heavy atom. The van der Waals surface area contributed by atoms with E-state index in [1.807, 2.05) is 24.3 Å². The first-order valence-electron chi connectivity index (χ1n) is 6.41. The first-order valence-corrected chi connectivity index (χ1v) is 6.41. The van der Waals surface area contributed by atoms with Gasteiger partial charge < -0.3 is 14.2 Å².